The summed E-state index contributed by atoms with van der Waals surface area (Å²) in [6.45, 7) is 0.335. The summed E-state index contributed by atoms with van der Waals surface area (Å²) in [6.07, 6.45) is 1.59. The molecule has 0 bridgehead atoms. The van der Waals surface area contributed by atoms with Gasteiger partial charge in [0.2, 0.25) is 11.8 Å². The van der Waals surface area contributed by atoms with Crippen molar-refractivity contribution in [2.24, 2.45) is 11.0 Å². The van der Waals surface area contributed by atoms with Crippen LogP contribution in [0.2, 0.25) is 10.0 Å². The molecular weight excluding hydrogens is 361 g/mol. The minimum absolute atomic E-state index is 0.0757. The zero-order chi connectivity index (χ0) is 17.8. The van der Waals surface area contributed by atoms with E-state index in [0.29, 0.717) is 22.2 Å². The molecule has 1 N–H and O–H groups in total. The van der Waals surface area contributed by atoms with Gasteiger partial charge < -0.3 is 4.90 Å². The van der Waals surface area contributed by atoms with Crippen LogP contribution in [0.1, 0.15) is 12.0 Å². The standard InChI is InChI=1S/C18H15Cl2N3O2/c19-15-8-4-5-12(17(15)20)10-21-22-18(25)13-9-16(24)23(11-13)14-6-2-1-3-7-14/h1-8,10,13H,9,11H2,(H,22,25)/b21-10+. The minimum atomic E-state index is -0.445. The highest BCUT2D eigenvalue weighted by Crippen LogP contribution is 2.25. The van der Waals surface area contributed by atoms with Crippen LogP contribution in [-0.4, -0.2) is 24.6 Å². The molecule has 5 nitrogen and oxygen atoms in total. The number of hydrogen-bond acceptors (Lipinski definition) is 3. The molecule has 0 spiro atoms. The summed E-state index contributed by atoms with van der Waals surface area (Å²) in [5.74, 6) is -0.825. The van der Waals surface area contributed by atoms with Crippen molar-refractivity contribution >= 4 is 46.9 Å². The summed E-state index contributed by atoms with van der Waals surface area (Å²) in [4.78, 5) is 26.0. The Labute approximate surface area is 155 Å². The number of para-hydroxylation sites is 1. The maximum absolute atomic E-state index is 12.2. The molecule has 25 heavy (non-hydrogen) atoms. The molecule has 2 aromatic carbocycles. The first-order valence-corrected chi connectivity index (χ1v) is 8.44. The first-order valence-electron chi connectivity index (χ1n) is 7.68. The highest BCUT2D eigenvalue weighted by atomic mass is 35.5. The lowest BCUT2D eigenvalue weighted by atomic mass is 10.1. The second-order valence-corrected chi connectivity index (χ2v) is 6.40. The summed E-state index contributed by atoms with van der Waals surface area (Å²) in [7, 11) is 0. The third kappa shape index (κ3) is 4.00. The summed E-state index contributed by atoms with van der Waals surface area (Å²) in [6, 6.07) is 14.4. The average Bonchev–Trinajstić information content (AvgIpc) is 3.01. The smallest absolute Gasteiger partial charge is 0.245 e. The molecule has 2 aromatic rings. The van der Waals surface area contributed by atoms with E-state index in [-0.39, 0.29) is 18.2 Å². The van der Waals surface area contributed by atoms with Gasteiger partial charge in [-0.25, -0.2) is 5.43 Å². The van der Waals surface area contributed by atoms with Crippen molar-refractivity contribution in [1.82, 2.24) is 5.43 Å². The minimum Gasteiger partial charge on any atom is -0.312 e. The monoisotopic (exact) mass is 375 g/mol. The number of benzene rings is 2. The zero-order valence-electron chi connectivity index (χ0n) is 13.2. The lowest BCUT2D eigenvalue weighted by molar-refractivity contribution is -0.126. The van der Waals surface area contributed by atoms with E-state index in [1.54, 1.807) is 23.1 Å². The summed E-state index contributed by atoms with van der Waals surface area (Å²) in [5.41, 5.74) is 3.85. The van der Waals surface area contributed by atoms with Gasteiger partial charge in [-0.1, -0.05) is 53.5 Å². The Hall–Kier alpha value is -2.37. The number of carbonyl (C=O) groups is 2. The molecule has 1 unspecified atom stereocenters. The lowest BCUT2D eigenvalue weighted by Crippen LogP contribution is -2.30. The Balaban J connectivity index is 1.62. The molecule has 1 fully saturated rings. The highest BCUT2D eigenvalue weighted by molar-refractivity contribution is 6.43. The van der Waals surface area contributed by atoms with Gasteiger partial charge in [0.25, 0.3) is 0 Å². The van der Waals surface area contributed by atoms with Gasteiger partial charge in [-0.15, -0.1) is 0 Å². The Bertz CT molecular complexity index is 824. The number of nitrogens with zero attached hydrogens (tertiary/aromatic N) is 2. The molecule has 0 radical (unpaired) electrons. The van der Waals surface area contributed by atoms with E-state index in [0.717, 1.165) is 5.69 Å². The third-order valence-corrected chi connectivity index (χ3v) is 4.76. The van der Waals surface area contributed by atoms with E-state index in [9.17, 15) is 9.59 Å². The number of hydrogen-bond donors (Lipinski definition) is 1. The summed E-state index contributed by atoms with van der Waals surface area (Å²) < 4.78 is 0. The molecule has 0 aromatic heterocycles. The number of amides is 2. The number of rotatable bonds is 4. The van der Waals surface area contributed by atoms with Gasteiger partial charge in [0.05, 0.1) is 22.2 Å². The predicted molar refractivity (Wildman–Crippen MR) is 99.1 cm³/mol. The van der Waals surface area contributed by atoms with E-state index in [1.807, 2.05) is 30.3 Å². The Morgan fingerprint density at radius 2 is 1.92 bits per heavy atom. The number of anilines is 1. The molecule has 0 saturated carbocycles. The number of halogens is 2. The van der Waals surface area contributed by atoms with Crippen molar-refractivity contribution < 1.29 is 9.59 Å². The van der Waals surface area contributed by atoms with E-state index < -0.39 is 5.92 Å². The Morgan fingerprint density at radius 1 is 1.16 bits per heavy atom. The normalized spacial score (nSPS) is 17.3. The SMILES string of the molecule is O=C(N/N=C/c1cccc(Cl)c1Cl)C1CC(=O)N(c2ccccc2)C1. The number of nitrogens with one attached hydrogen (secondary N) is 1. The second-order valence-electron chi connectivity index (χ2n) is 5.62. The maximum atomic E-state index is 12.2. The van der Waals surface area contributed by atoms with Crippen LogP contribution in [0.5, 0.6) is 0 Å². The summed E-state index contributed by atoms with van der Waals surface area (Å²) in [5, 5.41) is 4.70. The van der Waals surface area contributed by atoms with Gasteiger partial charge in [-0.3, -0.25) is 9.59 Å². The van der Waals surface area contributed by atoms with Crippen LogP contribution in [0.25, 0.3) is 0 Å². The molecule has 7 heteroatoms. The molecule has 1 aliphatic rings. The van der Waals surface area contributed by atoms with Crippen molar-refractivity contribution in [3.63, 3.8) is 0 Å². The average molecular weight is 376 g/mol. The van der Waals surface area contributed by atoms with Crippen LogP contribution in [-0.2, 0) is 9.59 Å². The van der Waals surface area contributed by atoms with Gasteiger partial charge in [0.1, 0.15) is 0 Å². The molecule has 128 valence electrons. The van der Waals surface area contributed by atoms with E-state index in [4.69, 9.17) is 23.2 Å². The van der Waals surface area contributed by atoms with Crippen molar-refractivity contribution in [3.05, 3.63) is 64.1 Å². The molecule has 1 saturated heterocycles. The van der Waals surface area contributed by atoms with Gasteiger partial charge in [0.15, 0.2) is 0 Å². The van der Waals surface area contributed by atoms with Gasteiger partial charge in [0, 0.05) is 24.2 Å². The van der Waals surface area contributed by atoms with Gasteiger partial charge >= 0.3 is 0 Å². The van der Waals surface area contributed by atoms with Gasteiger partial charge in [-0.2, -0.15) is 5.10 Å². The molecule has 1 atom stereocenters. The maximum Gasteiger partial charge on any atom is 0.245 e. The molecule has 1 heterocycles. The van der Waals surface area contributed by atoms with E-state index in [2.05, 4.69) is 10.5 Å². The molecule has 2 amide bonds. The molecule has 3 rings (SSSR count). The van der Waals surface area contributed by atoms with Crippen LogP contribution in [0.4, 0.5) is 5.69 Å². The van der Waals surface area contributed by atoms with Crippen LogP contribution >= 0.6 is 23.2 Å². The lowest BCUT2D eigenvalue weighted by Gasteiger charge is -2.16. The quantitative estimate of drug-likeness (QED) is 0.656. The fourth-order valence-corrected chi connectivity index (χ4v) is 2.97. The zero-order valence-corrected chi connectivity index (χ0v) is 14.7. The second kappa shape index (κ2) is 7.68. The molecule has 0 aliphatic carbocycles. The van der Waals surface area contributed by atoms with E-state index in [1.165, 1.54) is 6.21 Å². The van der Waals surface area contributed by atoms with Crippen LogP contribution in [0.3, 0.4) is 0 Å². The van der Waals surface area contributed by atoms with Crippen molar-refractivity contribution in [1.29, 1.82) is 0 Å². The number of carbonyl (C=O) groups excluding carboxylic acids is 2. The first kappa shape index (κ1) is 17.5. The summed E-state index contributed by atoms with van der Waals surface area (Å²) >= 11 is 12.0. The van der Waals surface area contributed by atoms with Crippen molar-refractivity contribution in [3.8, 4) is 0 Å². The Morgan fingerprint density at radius 3 is 2.68 bits per heavy atom. The highest BCUT2D eigenvalue weighted by Gasteiger charge is 2.34. The Kier molecular flexibility index (Phi) is 5.36. The third-order valence-electron chi connectivity index (χ3n) is 3.92. The fraction of sp³-hybridized carbons (Fsp3) is 0.167. The predicted octanol–water partition coefficient (Wildman–Crippen LogP) is 3.50. The first-order chi connectivity index (χ1) is 12.1. The van der Waals surface area contributed by atoms with E-state index >= 15 is 0 Å². The molecular formula is C18H15Cl2N3O2. The fourth-order valence-electron chi connectivity index (χ4n) is 2.62. The van der Waals surface area contributed by atoms with Crippen LogP contribution < -0.4 is 10.3 Å². The van der Waals surface area contributed by atoms with Crippen LogP contribution in [0.15, 0.2) is 53.6 Å². The van der Waals surface area contributed by atoms with Crippen molar-refractivity contribution in [2.75, 3.05) is 11.4 Å². The van der Waals surface area contributed by atoms with Gasteiger partial charge in [-0.05, 0) is 18.2 Å². The topological polar surface area (TPSA) is 61.8 Å². The van der Waals surface area contributed by atoms with Crippen LogP contribution in [0, 0.1) is 5.92 Å². The van der Waals surface area contributed by atoms with Crippen molar-refractivity contribution in [2.45, 2.75) is 6.42 Å². The largest absolute Gasteiger partial charge is 0.312 e. The number of hydrazone groups is 1. The molecule has 1 aliphatic heterocycles.